The molecular formula is C25H22N8OS. The van der Waals surface area contributed by atoms with Crippen molar-refractivity contribution in [3.63, 3.8) is 0 Å². The van der Waals surface area contributed by atoms with E-state index in [1.165, 1.54) is 4.88 Å². The number of H-pyrrole nitrogens is 2. The Morgan fingerprint density at radius 1 is 1.06 bits per heavy atom. The Kier molecular flexibility index (Phi) is 5.24. The van der Waals surface area contributed by atoms with Gasteiger partial charge >= 0.3 is 0 Å². The van der Waals surface area contributed by atoms with Gasteiger partial charge in [0.15, 0.2) is 17.1 Å². The van der Waals surface area contributed by atoms with Gasteiger partial charge in [-0.2, -0.15) is 5.10 Å². The summed E-state index contributed by atoms with van der Waals surface area (Å²) < 4.78 is 0. The van der Waals surface area contributed by atoms with Crippen LogP contribution in [0, 0.1) is 6.92 Å². The number of imidazole rings is 1. The van der Waals surface area contributed by atoms with Crippen LogP contribution in [0.25, 0.3) is 55.3 Å². The summed E-state index contributed by atoms with van der Waals surface area (Å²) in [5.74, 6) is 0.647. The summed E-state index contributed by atoms with van der Waals surface area (Å²) in [6.45, 7) is 4.00. The highest BCUT2D eigenvalue weighted by Crippen LogP contribution is 2.34. The summed E-state index contributed by atoms with van der Waals surface area (Å²) in [4.78, 5) is 23.9. The summed E-state index contributed by atoms with van der Waals surface area (Å²) >= 11 is 1.74. The Balaban J connectivity index is 1.42. The lowest BCUT2D eigenvalue weighted by Gasteiger charge is -2.12. The molecule has 1 unspecified atom stereocenters. The fraction of sp³-hybridized carbons (Fsp3) is 0.160. The number of aryl methyl sites for hydroxylation is 1. The van der Waals surface area contributed by atoms with E-state index in [2.05, 4.69) is 54.5 Å². The molecule has 1 atom stereocenters. The van der Waals surface area contributed by atoms with Crippen molar-refractivity contribution < 1.29 is 5.11 Å². The lowest BCUT2D eigenvalue weighted by Crippen LogP contribution is -2.16. The summed E-state index contributed by atoms with van der Waals surface area (Å²) in [6.07, 6.45) is 6.97. The monoisotopic (exact) mass is 482 g/mol. The van der Waals surface area contributed by atoms with E-state index >= 15 is 0 Å². The fourth-order valence-corrected chi connectivity index (χ4v) is 4.92. The topological polar surface area (TPSA) is 128 Å². The van der Waals surface area contributed by atoms with Gasteiger partial charge in [0.25, 0.3) is 0 Å². The number of hydrogen-bond acceptors (Lipinski definition) is 8. The number of aromatic nitrogens is 7. The largest absolute Gasteiger partial charge is 0.374 e. The third kappa shape index (κ3) is 3.92. The first-order chi connectivity index (χ1) is 17.1. The van der Waals surface area contributed by atoms with Crippen molar-refractivity contribution in [3.05, 3.63) is 60.0 Å². The van der Waals surface area contributed by atoms with Gasteiger partial charge in [-0.25, -0.2) is 15.0 Å². The average Bonchev–Trinajstić information content (AvgIpc) is 3.61. The van der Waals surface area contributed by atoms with Gasteiger partial charge in [-0.1, -0.05) is 6.92 Å². The number of thiophene rings is 1. The molecule has 174 valence electrons. The number of fused-ring (bicyclic) bond motifs is 2. The first-order valence-corrected chi connectivity index (χ1v) is 12.1. The molecule has 35 heavy (non-hydrogen) atoms. The average molecular weight is 483 g/mol. The highest BCUT2D eigenvalue weighted by atomic mass is 32.1. The van der Waals surface area contributed by atoms with E-state index in [-0.39, 0.29) is 0 Å². The van der Waals surface area contributed by atoms with Crippen molar-refractivity contribution in [1.82, 2.24) is 35.1 Å². The zero-order valence-electron chi connectivity index (χ0n) is 19.1. The lowest BCUT2D eigenvalue weighted by atomic mass is 10.1. The number of nitrogens with one attached hydrogen (secondary N) is 3. The molecule has 0 saturated carbocycles. The number of nitrogens with zero attached hydrogens (tertiary/aromatic N) is 5. The molecule has 6 aromatic rings. The second-order valence-electron chi connectivity index (χ2n) is 8.28. The molecular weight excluding hydrogens is 460 g/mol. The highest BCUT2D eigenvalue weighted by molar-refractivity contribution is 7.15. The molecule has 0 aliphatic heterocycles. The van der Waals surface area contributed by atoms with Crippen LogP contribution in [-0.4, -0.2) is 46.5 Å². The number of aliphatic hydroxyl groups is 1. The van der Waals surface area contributed by atoms with Crippen LogP contribution in [0.15, 0.2) is 55.1 Å². The number of hydrogen-bond donors (Lipinski definition) is 4. The van der Waals surface area contributed by atoms with Gasteiger partial charge in [0.2, 0.25) is 0 Å². The zero-order chi connectivity index (χ0) is 23.9. The van der Waals surface area contributed by atoms with E-state index in [9.17, 15) is 5.11 Å². The number of rotatable bonds is 6. The van der Waals surface area contributed by atoms with Crippen LogP contribution in [0.4, 0.5) is 5.69 Å². The third-order valence-electron chi connectivity index (χ3n) is 5.84. The minimum Gasteiger partial charge on any atom is -0.374 e. The Bertz CT molecular complexity index is 1670. The SMILES string of the molecule is CCC(O)Nc1cncc(-c2cnc3n[nH]c(-c4nc5nccc(-c6ccc(C)s6)c5[nH]4)c3c2)c1. The summed E-state index contributed by atoms with van der Waals surface area (Å²) in [5, 5.41) is 21.3. The predicted molar refractivity (Wildman–Crippen MR) is 138 cm³/mol. The first kappa shape index (κ1) is 21.4. The maximum Gasteiger partial charge on any atom is 0.181 e. The van der Waals surface area contributed by atoms with E-state index in [0.717, 1.165) is 43.9 Å². The van der Waals surface area contributed by atoms with Gasteiger partial charge in [0.05, 0.1) is 22.8 Å². The van der Waals surface area contributed by atoms with Crippen molar-refractivity contribution in [2.24, 2.45) is 0 Å². The zero-order valence-corrected chi connectivity index (χ0v) is 19.9. The maximum atomic E-state index is 9.92. The van der Waals surface area contributed by atoms with Crippen LogP contribution in [0.5, 0.6) is 0 Å². The molecule has 6 rings (SSSR count). The number of anilines is 1. The molecule has 6 heterocycles. The van der Waals surface area contributed by atoms with Crippen LogP contribution in [0.2, 0.25) is 0 Å². The Morgan fingerprint density at radius 3 is 2.77 bits per heavy atom. The van der Waals surface area contributed by atoms with Crippen LogP contribution < -0.4 is 5.32 Å². The lowest BCUT2D eigenvalue weighted by molar-refractivity contribution is 0.199. The van der Waals surface area contributed by atoms with Crippen LogP contribution in [0.1, 0.15) is 18.2 Å². The standard InChI is InChI=1S/C25H22N8OS/c1-3-20(34)29-16-8-14(10-26-12-16)15-9-18-22(32-33-23(18)28-11-15)25-30-21-17(6-7-27-24(21)31-25)19-5-4-13(2)35-19/h4-12,20,29,34H,3H2,1-2H3,(H,27,30,31)(H,28,32,33). The predicted octanol–water partition coefficient (Wildman–Crippen LogP) is 5.14. The van der Waals surface area contributed by atoms with Crippen molar-refractivity contribution >= 4 is 39.2 Å². The fourth-order valence-electron chi connectivity index (χ4n) is 4.02. The second kappa shape index (κ2) is 8.57. The normalized spacial score (nSPS) is 12.4. The molecule has 0 aliphatic carbocycles. The van der Waals surface area contributed by atoms with Crippen LogP contribution in [-0.2, 0) is 0 Å². The van der Waals surface area contributed by atoms with E-state index in [1.807, 2.05) is 25.1 Å². The Morgan fingerprint density at radius 2 is 1.94 bits per heavy atom. The van der Waals surface area contributed by atoms with E-state index < -0.39 is 6.23 Å². The number of pyridine rings is 3. The molecule has 0 saturated heterocycles. The summed E-state index contributed by atoms with van der Waals surface area (Å²) in [7, 11) is 0. The van der Waals surface area contributed by atoms with Gasteiger partial charge in [-0.15, -0.1) is 11.3 Å². The van der Waals surface area contributed by atoms with Crippen molar-refractivity contribution in [2.75, 3.05) is 5.32 Å². The van der Waals surface area contributed by atoms with Gasteiger partial charge in [-0.3, -0.25) is 10.1 Å². The molecule has 0 radical (unpaired) electrons. The minimum atomic E-state index is -0.627. The van der Waals surface area contributed by atoms with Gasteiger partial charge in [0, 0.05) is 45.0 Å². The number of aromatic amines is 2. The number of aliphatic hydroxyl groups excluding tert-OH is 1. The van der Waals surface area contributed by atoms with Gasteiger partial charge in [0.1, 0.15) is 11.9 Å². The van der Waals surface area contributed by atoms with Crippen molar-refractivity contribution in [3.8, 4) is 33.1 Å². The molecule has 0 aliphatic rings. The Hall–Kier alpha value is -4.15. The molecule has 0 aromatic carbocycles. The Labute approximate surface area is 204 Å². The van der Waals surface area contributed by atoms with E-state index in [4.69, 9.17) is 4.98 Å². The molecule has 6 aromatic heterocycles. The molecule has 0 amide bonds. The van der Waals surface area contributed by atoms with Gasteiger partial charge < -0.3 is 15.4 Å². The smallest absolute Gasteiger partial charge is 0.181 e. The van der Waals surface area contributed by atoms with E-state index in [1.54, 1.807) is 36.1 Å². The van der Waals surface area contributed by atoms with Crippen molar-refractivity contribution in [1.29, 1.82) is 0 Å². The third-order valence-corrected chi connectivity index (χ3v) is 6.87. The summed E-state index contributed by atoms with van der Waals surface area (Å²) in [6, 6.07) is 10.2. The molecule has 9 nitrogen and oxygen atoms in total. The minimum absolute atomic E-state index is 0.593. The maximum absolute atomic E-state index is 9.92. The molecule has 0 spiro atoms. The molecule has 4 N–H and O–H groups in total. The second-order valence-corrected chi connectivity index (χ2v) is 9.57. The molecule has 0 fully saturated rings. The summed E-state index contributed by atoms with van der Waals surface area (Å²) in [5.41, 5.74) is 6.43. The van der Waals surface area contributed by atoms with Crippen LogP contribution >= 0.6 is 11.3 Å². The van der Waals surface area contributed by atoms with E-state index in [0.29, 0.717) is 23.5 Å². The van der Waals surface area contributed by atoms with Gasteiger partial charge in [-0.05, 0) is 43.7 Å². The van der Waals surface area contributed by atoms with Crippen molar-refractivity contribution in [2.45, 2.75) is 26.5 Å². The highest BCUT2D eigenvalue weighted by Gasteiger charge is 2.17. The molecule has 10 heteroatoms. The van der Waals surface area contributed by atoms with Crippen LogP contribution in [0.3, 0.4) is 0 Å². The quantitative estimate of drug-likeness (QED) is 0.242. The first-order valence-electron chi connectivity index (χ1n) is 11.2. The molecule has 0 bridgehead atoms.